The second-order valence-electron chi connectivity index (χ2n) is 7.00. The largest absolute Gasteiger partial charge is 0.325 e. The van der Waals surface area contributed by atoms with Crippen molar-refractivity contribution in [3.63, 3.8) is 0 Å². The van der Waals surface area contributed by atoms with Crippen molar-refractivity contribution in [1.82, 2.24) is 14.8 Å². The first-order valence-electron chi connectivity index (χ1n) is 9.82. The molecule has 31 heavy (non-hydrogen) atoms. The average molecular weight is 473 g/mol. The van der Waals surface area contributed by atoms with Gasteiger partial charge in [0, 0.05) is 23.0 Å². The first-order valence-corrected chi connectivity index (χ1v) is 12.3. The number of aromatic nitrogens is 3. The summed E-state index contributed by atoms with van der Waals surface area (Å²) in [6.07, 6.45) is 1.82. The van der Waals surface area contributed by atoms with E-state index in [-0.39, 0.29) is 11.7 Å². The summed E-state index contributed by atoms with van der Waals surface area (Å²) >= 11 is 9.08. The first-order chi connectivity index (χ1) is 15.0. The third-order valence-electron chi connectivity index (χ3n) is 4.73. The molecule has 0 bridgehead atoms. The first kappa shape index (κ1) is 23.4. The number of carbonyl (C=O) groups is 1. The highest BCUT2D eigenvalue weighted by atomic mass is 35.5. The molecule has 0 saturated heterocycles. The van der Waals surface area contributed by atoms with Crippen LogP contribution in [-0.4, -0.2) is 26.4 Å². The van der Waals surface area contributed by atoms with E-state index in [0.29, 0.717) is 6.54 Å². The lowest BCUT2D eigenvalue weighted by Gasteiger charge is -2.10. The summed E-state index contributed by atoms with van der Waals surface area (Å²) in [7, 11) is 0. The number of halogens is 1. The molecule has 1 heterocycles. The van der Waals surface area contributed by atoms with Crippen molar-refractivity contribution >= 4 is 46.7 Å². The smallest absolute Gasteiger partial charge is 0.234 e. The van der Waals surface area contributed by atoms with E-state index in [9.17, 15) is 4.79 Å². The minimum atomic E-state index is -0.0643. The third-order valence-corrected chi connectivity index (χ3v) is 6.95. The lowest BCUT2D eigenvalue weighted by molar-refractivity contribution is -0.113. The summed E-state index contributed by atoms with van der Waals surface area (Å²) in [6.45, 7) is 8.48. The van der Waals surface area contributed by atoms with Gasteiger partial charge in [-0.15, -0.1) is 28.5 Å². The van der Waals surface area contributed by atoms with Crippen molar-refractivity contribution in [2.45, 2.75) is 37.1 Å². The molecule has 8 heteroatoms. The van der Waals surface area contributed by atoms with Crippen molar-refractivity contribution in [3.05, 3.63) is 82.7 Å². The van der Waals surface area contributed by atoms with E-state index < -0.39 is 0 Å². The minimum Gasteiger partial charge on any atom is -0.325 e. The number of allylic oxidation sites excluding steroid dienone is 1. The number of aryl methyl sites for hydroxylation is 1. The Bertz CT molecular complexity index is 1050. The fourth-order valence-electron chi connectivity index (χ4n) is 2.89. The van der Waals surface area contributed by atoms with E-state index >= 15 is 0 Å². The molecule has 0 fully saturated rings. The maximum atomic E-state index is 12.5. The van der Waals surface area contributed by atoms with Gasteiger partial charge in [0.15, 0.2) is 5.16 Å². The van der Waals surface area contributed by atoms with Gasteiger partial charge in [-0.1, -0.05) is 53.7 Å². The van der Waals surface area contributed by atoms with Crippen LogP contribution in [0.1, 0.15) is 22.5 Å². The summed E-state index contributed by atoms with van der Waals surface area (Å²) in [5.41, 5.74) is 4.28. The van der Waals surface area contributed by atoms with E-state index in [2.05, 4.69) is 22.1 Å². The standard InChI is InChI=1S/C23H25ClN4OS2/c1-4-12-28-21(14-30-13-18-8-10-19(24)11-9-18)26-27-23(28)31-15-22(29)25-20-7-5-6-16(2)17(20)3/h4-11H,1,12-15H2,2-3H3,(H,25,29). The lowest BCUT2D eigenvalue weighted by atomic mass is 10.1. The molecular weight excluding hydrogens is 448 g/mol. The molecule has 0 spiro atoms. The number of anilines is 1. The van der Waals surface area contributed by atoms with Crippen molar-refractivity contribution < 1.29 is 4.79 Å². The molecule has 0 aliphatic heterocycles. The van der Waals surface area contributed by atoms with E-state index in [4.69, 9.17) is 11.6 Å². The Kier molecular flexibility index (Phi) is 8.63. The normalized spacial score (nSPS) is 10.8. The van der Waals surface area contributed by atoms with Crippen LogP contribution in [0.15, 0.2) is 60.3 Å². The average Bonchev–Trinajstić information content (AvgIpc) is 3.13. The summed E-state index contributed by atoms with van der Waals surface area (Å²) in [5, 5.41) is 13.1. The topological polar surface area (TPSA) is 59.8 Å². The van der Waals surface area contributed by atoms with Crippen molar-refractivity contribution in [2.75, 3.05) is 11.1 Å². The van der Waals surface area contributed by atoms with E-state index in [1.165, 1.54) is 17.3 Å². The molecule has 0 atom stereocenters. The highest BCUT2D eigenvalue weighted by Crippen LogP contribution is 2.23. The fourth-order valence-corrected chi connectivity index (χ4v) is 4.71. The van der Waals surface area contributed by atoms with Crippen molar-refractivity contribution in [1.29, 1.82) is 0 Å². The molecule has 3 aromatic rings. The number of thioether (sulfide) groups is 2. The van der Waals surface area contributed by atoms with Crippen LogP contribution in [0.25, 0.3) is 0 Å². The Morgan fingerprint density at radius 2 is 1.94 bits per heavy atom. The molecule has 0 unspecified atom stereocenters. The van der Waals surface area contributed by atoms with Crippen LogP contribution < -0.4 is 5.32 Å². The van der Waals surface area contributed by atoms with Gasteiger partial charge < -0.3 is 9.88 Å². The summed E-state index contributed by atoms with van der Waals surface area (Å²) < 4.78 is 2.01. The Balaban J connectivity index is 1.57. The lowest BCUT2D eigenvalue weighted by Crippen LogP contribution is -2.15. The highest BCUT2D eigenvalue weighted by Gasteiger charge is 2.14. The molecule has 0 saturated carbocycles. The molecule has 1 N–H and O–H groups in total. The van der Waals surface area contributed by atoms with E-state index in [1.54, 1.807) is 11.8 Å². The number of rotatable bonds is 10. The highest BCUT2D eigenvalue weighted by molar-refractivity contribution is 7.99. The zero-order valence-electron chi connectivity index (χ0n) is 17.6. The molecule has 162 valence electrons. The number of benzene rings is 2. The van der Waals surface area contributed by atoms with Crippen LogP contribution >= 0.6 is 35.1 Å². The number of amides is 1. The number of hydrogen-bond acceptors (Lipinski definition) is 5. The molecule has 0 aliphatic rings. The van der Waals surface area contributed by atoms with Crippen LogP contribution in [0.5, 0.6) is 0 Å². The Labute approximate surface area is 196 Å². The van der Waals surface area contributed by atoms with Gasteiger partial charge in [0.05, 0.1) is 11.5 Å². The van der Waals surface area contributed by atoms with Gasteiger partial charge in [0.1, 0.15) is 5.82 Å². The fraction of sp³-hybridized carbons (Fsp3) is 0.261. The number of nitrogens with zero attached hydrogens (tertiary/aromatic N) is 3. The number of hydrogen-bond donors (Lipinski definition) is 1. The number of nitrogens with one attached hydrogen (secondary N) is 1. The van der Waals surface area contributed by atoms with Gasteiger partial charge in [0.2, 0.25) is 5.91 Å². The van der Waals surface area contributed by atoms with E-state index in [1.807, 2.05) is 67.0 Å². The SMILES string of the molecule is C=CCn1c(CSCc2ccc(Cl)cc2)nnc1SCC(=O)Nc1cccc(C)c1C. The predicted molar refractivity (Wildman–Crippen MR) is 132 cm³/mol. The molecule has 0 aliphatic carbocycles. The van der Waals surface area contributed by atoms with Gasteiger partial charge in [-0.05, 0) is 48.7 Å². The molecule has 1 aromatic heterocycles. The Morgan fingerprint density at radius 3 is 2.68 bits per heavy atom. The maximum absolute atomic E-state index is 12.5. The van der Waals surface area contributed by atoms with Crippen LogP contribution in [0, 0.1) is 13.8 Å². The zero-order chi connectivity index (χ0) is 22.2. The van der Waals surface area contributed by atoms with Gasteiger partial charge >= 0.3 is 0 Å². The Hall–Kier alpha value is -2.22. The second kappa shape index (κ2) is 11.4. The quantitative estimate of drug-likeness (QED) is 0.294. The van der Waals surface area contributed by atoms with Crippen LogP contribution in [0.4, 0.5) is 5.69 Å². The van der Waals surface area contributed by atoms with Crippen molar-refractivity contribution in [2.24, 2.45) is 0 Å². The predicted octanol–water partition coefficient (Wildman–Crippen LogP) is 5.90. The molecule has 5 nitrogen and oxygen atoms in total. The molecule has 1 amide bonds. The monoisotopic (exact) mass is 472 g/mol. The molecule has 2 aromatic carbocycles. The van der Waals surface area contributed by atoms with Crippen LogP contribution in [0.3, 0.4) is 0 Å². The van der Waals surface area contributed by atoms with Gasteiger partial charge in [0.25, 0.3) is 0 Å². The van der Waals surface area contributed by atoms with E-state index in [0.717, 1.165) is 44.3 Å². The van der Waals surface area contributed by atoms with Crippen LogP contribution in [0.2, 0.25) is 5.02 Å². The molecule has 3 rings (SSSR count). The number of carbonyl (C=O) groups excluding carboxylic acids is 1. The summed E-state index contributed by atoms with van der Waals surface area (Å²) in [6, 6.07) is 13.7. The summed E-state index contributed by atoms with van der Waals surface area (Å²) in [5.74, 6) is 2.65. The van der Waals surface area contributed by atoms with Gasteiger partial charge in [-0.2, -0.15) is 0 Å². The van der Waals surface area contributed by atoms with Crippen LogP contribution in [-0.2, 0) is 22.8 Å². The zero-order valence-corrected chi connectivity index (χ0v) is 20.0. The van der Waals surface area contributed by atoms with Gasteiger partial charge in [-0.3, -0.25) is 4.79 Å². The summed E-state index contributed by atoms with van der Waals surface area (Å²) in [4.78, 5) is 12.5. The van der Waals surface area contributed by atoms with Gasteiger partial charge in [-0.25, -0.2) is 0 Å². The van der Waals surface area contributed by atoms with Crippen molar-refractivity contribution in [3.8, 4) is 0 Å². The molecule has 0 radical (unpaired) electrons. The molecular formula is C23H25ClN4OS2. The second-order valence-corrected chi connectivity index (χ2v) is 9.37. The third kappa shape index (κ3) is 6.63. The minimum absolute atomic E-state index is 0.0643. The Morgan fingerprint density at radius 1 is 1.16 bits per heavy atom. The maximum Gasteiger partial charge on any atom is 0.234 e.